The summed E-state index contributed by atoms with van der Waals surface area (Å²) in [5.74, 6) is -6.78. The van der Waals surface area contributed by atoms with Crippen molar-refractivity contribution in [1.29, 1.82) is 0 Å². The molecule has 2 aliphatic carbocycles. The maximum absolute atomic E-state index is 13.7. The molecule has 3 rings (SSSR count). The van der Waals surface area contributed by atoms with E-state index in [0.717, 1.165) is 0 Å². The first kappa shape index (κ1) is 11.1. The van der Waals surface area contributed by atoms with Gasteiger partial charge in [-0.15, -0.1) is 11.6 Å². The second-order valence-corrected chi connectivity index (χ2v) is 4.85. The zero-order chi connectivity index (χ0) is 12.3. The first-order valence-electron chi connectivity index (χ1n) is 5.20. The number of allylic oxidation sites excluding steroid dienone is 2. The van der Waals surface area contributed by atoms with Gasteiger partial charge in [0.2, 0.25) is 0 Å². The highest BCUT2D eigenvalue weighted by Crippen LogP contribution is 2.52. The number of halogens is 5. The van der Waals surface area contributed by atoms with E-state index < -0.39 is 34.6 Å². The lowest BCUT2D eigenvalue weighted by Crippen LogP contribution is -2.20. The lowest BCUT2D eigenvalue weighted by molar-refractivity contribution is 0.380. The summed E-state index contributed by atoms with van der Waals surface area (Å²) in [4.78, 5) is 0. The standard InChI is InChI=1S/C12H7ClF4/c13-8-5-2-1-4(3-5)6-7(8)10(15)12(17)11(16)9(6)14/h1-2,4-5,8H,3H2/t4-,5+,8-/m1/s1. The number of alkyl halides is 1. The Balaban J connectivity index is 2.36. The summed E-state index contributed by atoms with van der Waals surface area (Å²) >= 11 is 5.99. The monoisotopic (exact) mass is 262 g/mol. The van der Waals surface area contributed by atoms with Crippen molar-refractivity contribution in [3.63, 3.8) is 0 Å². The second kappa shape index (κ2) is 3.48. The molecule has 0 N–H and O–H groups in total. The van der Waals surface area contributed by atoms with Crippen LogP contribution in [-0.4, -0.2) is 0 Å². The molecular formula is C12H7ClF4. The van der Waals surface area contributed by atoms with Gasteiger partial charge in [-0.25, -0.2) is 17.6 Å². The molecule has 5 heteroatoms. The van der Waals surface area contributed by atoms with Crippen LogP contribution in [0.15, 0.2) is 12.2 Å². The molecule has 0 amide bonds. The lowest BCUT2D eigenvalue weighted by atomic mass is 9.81. The third-order valence-electron chi connectivity index (χ3n) is 3.48. The van der Waals surface area contributed by atoms with Gasteiger partial charge in [-0.05, 0) is 12.3 Å². The van der Waals surface area contributed by atoms with Crippen LogP contribution >= 0.6 is 11.6 Å². The van der Waals surface area contributed by atoms with Gasteiger partial charge in [0.25, 0.3) is 0 Å². The van der Waals surface area contributed by atoms with Crippen molar-refractivity contribution in [2.24, 2.45) is 5.92 Å². The fourth-order valence-electron chi connectivity index (χ4n) is 2.67. The summed E-state index contributed by atoms with van der Waals surface area (Å²) in [6.07, 6.45) is 3.94. The van der Waals surface area contributed by atoms with Crippen LogP contribution in [0.25, 0.3) is 0 Å². The maximum atomic E-state index is 13.7. The summed E-state index contributed by atoms with van der Waals surface area (Å²) in [7, 11) is 0. The molecule has 0 heterocycles. The van der Waals surface area contributed by atoms with Crippen LogP contribution in [-0.2, 0) is 0 Å². The minimum Gasteiger partial charge on any atom is -0.203 e. The average Bonchev–Trinajstić information content (AvgIpc) is 2.74. The zero-order valence-electron chi connectivity index (χ0n) is 8.48. The first-order valence-corrected chi connectivity index (χ1v) is 5.64. The second-order valence-electron chi connectivity index (χ2n) is 4.38. The van der Waals surface area contributed by atoms with Gasteiger partial charge >= 0.3 is 0 Å². The van der Waals surface area contributed by atoms with Crippen LogP contribution in [0.5, 0.6) is 0 Å². The Morgan fingerprint density at radius 3 is 2.12 bits per heavy atom. The van der Waals surface area contributed by atoms with E-state index in [9.17, 15) is 17.6 Å². The maximum Gasteiger partial charge on any atom is 0.197 e. The predicted molar refractivity (Wildman–Crippen MR) is 54.9 cm³/mol. The molecule has 0 aliphatic heterocycles. The van der Waals surface area contributed by atoms with Crippen molar-refractivity contribution in [3.8, 4) is 0 Å². The molecule has 2 aliphatic rings. The largest absolute Gasteiger partial charge is 0.203 e. The van der Waals surface area contributed by atoms with E-state index in [-0.39, 0.29) is 17.0 Å². The van der Waals surface area contributed by atoms with Crippen molar-refractivity contribution in [2.75, 3.05) is 0 Å². The van der Waals surface area contributed by atoms with Crippen LogP contribution in [0.1, 0.15) is 28.8 Å². The molecule has 17 heavy (non-hydrogen) atoms. The van der Waals surface area contributed by atoms with E-state index in [1.54, 1.807) is 12.2 Å². The fourth-order valence-corrected chi connectivity index (χ4v) is 3.07. The number of benzene rings is 1. The molecule has 0 aromatic heterocycles. The summed E-state index contributed by atoms with van der Waals surface area (Å²) in [6.45, 7) is 0. The van der Waals surface area contributed by atoms with Gasteiger partial charge < -0.3 is 0 Å². The van der Waals surface area contributed by atoms with E-state index in [2.05, 4.69) is 0 Å². The van der Waals surface area contributed by atoms with Crippen LogP contribution in [0, 0.1) is 29.2 Å². The molecule has 3 atom stereocenters. The van der Waals surface area contributed by atoms with Crippen LogP contribution in [0.2, 0.25) is 0 Å². The van der Waals surface area contributed by atoms with E-state index in [1.807, 2.05) is 0 Å². The summed E-state index contributed by atoms with van der Waals surface area (Å²) in [6, 6.07) is 0. The quantitative estimate of drug-likeness (QED) is 0.216. The molecule has 0 fully saturated rings. The molecule has 2 bridgehead atoms. The van der Waals surface area contributed by atoms with Crippen molar-refractivity contribution in [1.82, 2.24) is 0 Å². The number of rotatable bonds is 0. The van der Waals surface area contributed by atoms with Gasteiger partial charge in [0.15, 0.2) is 23.3 Å². The highest BCUT2D eigenvalue weighted by Gasteiger charge is 2.41. The number of fused-ring (bicyclic) bond motifs is 4. The Morgan fingerprint density at radius 2 is 1.47 bits per heavy atom. The summed E-state index contributed by atoms with van der Waals surface area (Å²) in [5.41, 5.74) is -0.360. The highest BCUT2D eigenvalue weighted by atomic mass is 35.5. The van der Waals surface area contributed by atoms with Gasteiger partial charge in [-0.2, -0.15) is 0 Å². The Bertz CT molecular complexity index is 538. The van der Waals surface area contributed by atoms with Crippen molar-refractivity contribution >= 4 is 11.6 Å². The minimum absolute atomic E-state index is 0.133. The average molecular weight is 263 g/mol. The number of hydrogen-bond donors (Lipinski definition) is 0. The Labute approximate surface area is 99.9 Å². The molecule has 0 nitrogen and oxygen atoms in total. The smallest absolute Gasteiger partial charge is 0.197 e. The normalized spacial score (nSPS) is 29.6. The van der Waals surface area contributed by atoms with Gasteiger partial charge in [0.1, 0.15) is 0 Å². The predicted octanol–water partition coefficient (Wildman–Crippen LogP) is 4.20. The Kier molecular flexibility index (Phi) is 2.27. The molecule has 0 saturated carbocycles. The molecule has 90 valence electrons. The summed E-state index contributed by atoms with van der Waals surface area (Å²) in [5, 5.41) is -0.843. The minimum atomic E-state index is -1.78. The SMILES string of the molecule is Fc1c(F)c(F)c2c(c1F)[C@@H]1C=C[C@@H](C1)[C@H]2Cl. The van der Waals surface area contributed by atoms with E-state index in [4.69, 9.17) is 11.6 Å². The van der Waals surface area contributed by atoms with Gasteiger partial charge in [-0.3, -0.25) is 0 Å². The number of hydrogen-bond acceptors (Lipinski definition) is 0. The van der Waals surface area contributed by atoms with Crippen molar-refractivity contribution in [2.45, 2.75) is 17.7 Å². The van der Waals surface area contributed by atoms with Crippen LogP contribution in [0.4, 0.5) is 17.6 Å². The highest BCUT2D eigenvalue weighted by molar-refractivity contribution is 6.21. The van der Waals surface area contributed by atoms with Crippen molar-refractivity contribution < 1.29 is 17.6 Å². The third kappa shape index (κ3) is 1.30. The molecule has 0 spiro atoms. The van der Waals surface area contributed by atoms with Gasteiger partial charge in [0, 0.05) is 17.0 Å². The Morgan fingerprint density at radius 1 is 0.882 bits per heavy atom. The topological polar surface area (TPSA) is 0 Å². The van der Waals surface area contributed by atoms with Gasteiger partial charge in [-0.1, -0.05) is 12.2 Å². The van der Waals surface area contributed by atoms with E-state index in [1.165, 1.54) is 0 Å². The van der Waals surface area contributed by atoms with Crippen LogP contribution < -0.4 is 0 Å². The zero-order valence-corrected chi connectivity index (χ0v) is 9.24. The van der Waals surface area contributed by atoms with E-state index >= 15 is 0 Å². The van der Waals surface area contributed by atoms with Crippen LogP contribution in [0.3, 0.4) is 0 Å². The van der Waals surface area contributed by atoms with Gasteiger partial charge in [0.05, 0.1) is 5.38 Å². The molecule has 0 unspecified atom stereocenters. The fraction of sp³-hybridized carbons (Fsp3) is 0.333. The lowest BCUT2D eigenvalue weighted by Gasteiger charge is -2.28. The first-order chi connectivity index (χ1) is 8.02. The van der Waals surface area contributed by atoms with E-state index in [0.29, 0.717) is 6.42 Å². The molecular weight excluding hydrogens is 256 g/mol. The molecule has 1 aromatic carbocycles. The van der Waals surface area contributed by atoms with Crippen molar-refractivity contribution in [3.05, 3.63) is 46.5 Å². The molecule has 1 aromatic rings. The summed E-state index contributed by atoms with van der Waals surface area (Å²) < 4.78 is 53.7. The molecule has 0 radical (unpaired) electrons. The third-order valence-corrected chi connectivity index (χ3v) is 4.02. The molecule has 0 saturated heterocycles. The Hall–Kier alpha value is -1.03.